The molecule has 2 unspecified atom stereocenters. The van der Waals surface area contributed by atoms with Crippen molar-refractivity contribution in [3.8, 4) is 0 Å². The minimum Gasteiger partial charge on any atom is -0.308 e. The summed E-state index contributed by atoms with van der Waals surface area (Å²) in [7, 11) is 4.18. The highest BCUT2D eigenvalue weighted by Crippen LogP contribution is 2.23. The minimum absolute atomic E-state index is 0.189. The Hall–Kier alpha value is -1.23. The number of benzene rings is 1. The highest BCUT2D eigenvalue weighted by molar-refractivity contribution is 7.10. The van der Waals surface area contributed by atoms with Crippen LogP contribution in [0.4, 0.5) is 4.39 Å². The van der Waals surface area contributed by atoms with E-state index in [1.165, 1.54) is 17.0 Å². The molecule has 0 fully saturated rings. The van der Waals surface area contributed by atoms with Gasteiger partial charge in [0.25, 0.3) is 0 Å². The Morgan fingerprint density at radius 2 is 1.90 bits per heavy atom. The first-order chi connectivity index (χ1) is 9.58. The van der Waals surface area contributed by atoms with Crippen molar-refractivity contribution >= 4 is 11.3 Å². The topological polar surface area (TPSA) is 15.3 Å². The van der Waals surface area contributed by atoms with Gasteiger partial charge >= 0.3 is 0 Å². The first kappa shape index (κ1) is 15.2. The van der Waals surface area contributed by atoms with Gasteiger partial charge in [-0.25, -0.2) is 4.39 Å². The number of rotatable bonds is 6. The van der Waals surface area contributed by atoms with E-state index in [2.05, 4.69) is 48.7 Å². The molecule has 0 saturated carbocycles. The molecule has 0 saturated heterocycles. The van der Waals surface area contributed by atoms with Crippen molar-refractivity contribution in [3.63, 3.8) is 0 Å². The summed E-state index contributed by atoms with van der Waals surface area (Å²) in [6.45, 7) is 2.97. The van der Waals surface area contributed by atoms with Crippen LogP contribution in [0.3, 0.4) is 0 Å². The molecule has 0 aliphatic carbocycles. The molecule has 1 aromatic heterocycles. The zero-order chi connectivity index (χ0) is 14.5. The van der Waals surface area contributed by atoms with Crippen molar-refractivity contribution in [1.29, 1.82) is 0 Å². The second-order valence-corrected chi connectivity index (χ2v) is 6.16. The lowest BCUT2D eigenvalue weighted by molar-refractivity contribution is 0.285. The van der Waals surface area contributed by atoms with Crippen molar-refractivity contribution in [2.24, 2.45) is 0 Å². The Morgan fingerprint density at radius 3 is 2.45 bits per heavy atom. The van der Waals surface area contributed by atoms with Crippen LogP contribution in [0.15, 0.2) is 41.8 Å². The van der Waals surface area contributed by atoms with Gasteiger partial charge in [0.15, 0.2) is 0 Å². The van der Waals surface area contributed by atoms with Gasteiger partial charge in [-0.15, -0.1) is 11.3 Å². The molecular formula is C16H21FN2S. The molecule has 2 nitrogen and oxygen atoms in total. The summed E-state index contributed by atoms with van der Waals surface area (Å²) in [6.07, 6.45) is 0. The number of thiophene rings is 1. The SMILES string of the molecule is CC(NCC(c1cccs1)N(C)C)c1ccc(F)cc1. The van der Waals surface area contributed by atoms with E-state index in [1.54, 1.807) is 11.3 Å². The average molecular weight is 292 g/mol. The molecule has 1 N–H and O–H groups in total. The molecule has 2 aromatic rings. The molecule has 1 heterocycles. The molecule has 0 amide bonds. The fourth-order valence-electron chi connectivity index (χ4n) is 2.18. The van der Waals surface area contributed by atoms with Gasteiger partial charge in [0.1, 0.15) is 5.82 Å². The maximum atomic E-state index is 12.9. The maximum absolute atomic E-state index is 12.9. The number of halogens is 1. The second kappa shape index (κ2) is 6.97. The van der Waals surface area contributed by atoms with Gasteiger partial charge in [0, 0.05) is 17.5 Å². The number of likely N-dealkylation sites (N-methyl/N-ethyl adjacent to an activating group) is 1. The summed E-state index contributed by atoms with van der Waals surface area (Å²) in [5.74, 6) is -0.189. The third-order valence-corrected chi connectivity index (χ3v) is 4.46. The van der Waals surface area contributed by atoms with Crippen LogP contribution >= 0.6 is 11.3 Å². The van der Waals surface area contributed by atoms with Crippen molar-refractivity contribution in [1.82, 2.24) is 10.2 Å². The van der Waals surface area contributed by atoms with Gasteiger partial charge in [0.2, 0.25) is 0 Å². The fraction of sp³-hybridized carbons (Fsp3) is 0.375. The molecule has 0 radical (unpaired) electrons. The molecular weight excluding hydrogens is 271 g/mol. The Balaban J connectivity index is 1.97. The van der Waals surface area contributed by atoms with Crippen LogP contribution in [0.5, 0.6) is 0 Å². The Kier molecular flexibility index (Phi) is 5.29. The highest BCUT2D eigenvalue weighted by Gasteiger charge is 2.16. The lowest BCUT2D eigenvalue weighted by Gasteiger charge is -2.25. The summed E-state index contributed by atoms with van der Waals surface area (Å²) in [5.41, 5.74) is 1.11. The lowest BCUT2D eigenvalue weighted by atomic mass is 10.1. The quantitative estimate of drug-likeness (QED) is 0.870. The number of nitrogens with zero attached hydrogens (tertiary/aromatic N) is 1. The van der Waals surface area contributed by atoms with E-state index in [4.69, 9.17) is 0 Å². The summed E-state index contributed by atoms with van der Waals surface area (Å²) in [5, 5.41) is 5.64. The van der Waals surface area contributed by atoms with Crippen LogP contribution < -0.4 is 5.32 Å². The summed E-state index contributed by atoms with van der Waals surface area (Å²) >= 11 is 1.78. The van der Waals surface area contributed by atoms with Crippen LogP contribution in [0.2, 0.25) is 0 Å². The van der Waals surface area contributed by atoms with Gasteiger partial charge in [-0.3, -0.25) is 0 Å². The molecule has 0 aliphatic heterocycles. The molecule has 2 atom stereocenters. The van der Waals surface area contributed by atoms with Gasteiger partial charge in [-0.1, -0.05) is 18.2 Å². The zero-order valence-electron chi connectivity index (χ0n) is 12.1. The lowest BCUT2D eigenvalue weighted by Crippen LogP contribution is -2.32. The van der Waals surface area contributed by atoms with Gasteiger partial charge in [-0.05, 0) is 50.2 Å². The van der Waals surface area contributed by atoms with Gasteiger partial charge < -0.3 is 10.2 Å². The number of hydrogen-bond donors (Lipinski definition) is 1. The Bertz CT molecular complexity index is 508. The van der Waals surface area contributed by atoms with E-state index in [-0.39, 0.29) is 11.9 Å². The van der Waals surface area contributed by atoms with Gasteiger partial charge in [0.05, 0.1) is 6.04 Å². The van der Waals surface area contributed by atoms with Crippen molar-refractivity contribution in [2.75, 3.05) is 20.6 Å². The third kappa shape index (κ3) is 3.88. The molecule has 0 spiro atoms. The number of hydrogen-bond acceptors (Lipinski definition) is 3. The fourth-order valence-corrected chi connectivity index (χ4v) is 3.10. The van der Waals surface area contributed by atoms with E-state index < -0.39 is 0 Å². The minimum atomic E-state index is -0.189. The predicted molar refractivity (Wildman–Crippen MR) is 83.6 cm³/mol. The molecule has 4 heteroatoms. The highest BCUT2D eigenvalue weighted by atomic mass is 32.1. The Labute approximate surface area is 124 Å². The molecule has 2 rings (SSSR count). The predicted octanol–water partition coefficient (Wildman–Crippen LogP) is 3.84. The second-order valence-electron chi connectivity index (χ2n) is 5.18. The van der Waals surface area contributed by atoms with E-state index in [0.717, 1.165) is 12.1 Å². The monoisotopic (exact) mass is 292 g/mol. The third-order valence-electron chi connectivity index (χ3n) is 3.48. The smallest absolute Gasteiger partial charge is 0.123 e. The van der Waals surface area contributed by atoms with Crippen LogP contribution in [0.1, 0.15) is 29.4 Å². The Morgan fingerprint density at radius 1 is 1.20 bits per heavy atom. The largest absolute Gasteiger partial charge is 0.308 e. The summed E-state index contributed by atoms with van der Waals surface area (Å²) < 4.78 is 12.9. The summed E-state index contributed by atoms with van der Waals surface area (Å²) in [6, 6.07) is 11.5. The number of nitrogens with one attached hydrogen (secondary N) is 1. The first-order valence-corrected chi connectivity index (χ1v) is 7.64. The standard InChI is InChI=1S/C16H21FN2S/c1-12(13-6-8-14(17)9-7-13)18-11-15(19(2)3)16-5-4-10-20-16/h4-10,12,15,18H,11H2,1-3H3. The van der Waals surface area contributed by atoms with E-state index in [9.17, 15) is 4.39 Å². The maximum Gasteiger partial charge on any atom is 0.123 e. The average Bonchev–Trinajstić information content (AvgIpc) is 2.93. The van der Waals surface area contributed by atoms with Crippen LogP contribution in [-0.4, -0.2) is 25.5 Å². The van der Waals surface area contributed by atoms with Crippen molar-refractivity contribution < 1.29 is 4.39 Å². The molecule has 0 bridgehead atoms. The van der Waals surface area contributed by atoms with Crippen molar-refractivity contribution in [2.45, 2.75) is 19.0 Å². The molecule has 108 valence electrons. The van der Waals surface area contributed by atoms with E-state index in [1.807, 2.05) is 12.1 Å². The summed E-state index contributed by atoms with van der Waals surface area (Å²) in [4.78, 5) is 3.57. The van der Waals surface area contributed by atoms with E-state index >= 15 is 0 Å². The molecule has 1 aromatic carbocycles. The van der Waals surface area contributed by atoms with Crippen LogP contribution in [0.25, 0.3) is 0 Å². The first-order valence-electron chi connectivity index (χ1n) is 6.76. The molecule has 0 aliphatic rings. The van der Waals surface area contributed by atoms with E-state index in [0.29, 0.717) is 6.04 Å². The van der Waals surface area contributed by atoms with Gasteiger partial charge in [-0.2, -0.15) is 0 Å². The molecule has 20 heavy (non-hydrogen) atoms. The van der Waals surface area contributed by atoms with Crippen LogP contribution in [0, 0.1) is 5.82 Å². The van der Waals surface area contributed by atoms with Crippen LogP contribution in [-0.2, 0) is 0 Å². The zero-order valence-corrected chi connectivity index (χ0v) is 13.0. The normalized spacial score (nSPS) is 14.4. The van der Waals surface area contributed by atoms with Crippen molar-refractivity contribution in [3.05, 3.63) is 58.0 Å².